The summed E-state index contributed by atoms with van der Waals surface area (Å²) in [5, 5.41) is 29.6. The predicted molar refractivity (Wildman–Crippen MR) is 49.8 cm³/mol. The number of hydrogen-bond acceptors (Lipinski definition) is 5. The van der Waals surface area contributed by atoms with Crippen molar-refractivity contribution in [3.05, 3.63) is 0 Å². The Morgan fingerprint density at radius 3 is 0.632 bits per heavy atom. The SMILES string of the molecule is F.F.O=C(O)C(=O)O.O=C(O)C(=O)O.O=P(O)(O)O. The minimum Gasteiger partial charge on any atom is -0.473 e. The van der Waals surface area contributed by atoms with Gasteiger partial charge in [-0.05, 0) is 0 Å². The Labute approximate surface area is 101 Å². The molecule has 0 spiro atoms. The van der Waals surface area contributed by atoms with Crippen molar-refractivity contribution < 1.29 is 68.3 Å². The highest BCUT2D eigenvalue weighted by atomic mass is 31.2. The molecule has 0 aliphatic rings. The topological polar surface area (TPSA) is 227 Å². The zero-order chi connectivity index (χ0) is 14.8. The summed E-state index contributed by atoms with van der Waals surface area (Å²) in [6.45, 7) is 0. The van der Waals surface area contributed by atoms with Crippen LogP contribution in [0.5, 0.6) is 0 Å². The van der Waals surface area contributed by atoms with E-state index < -0.39 is 31.7 Å². The molecule has 0 heterocycles. The van der Waals surface area contributed by atoms with Gasteiger partial charge < -0.3 is 35.1 Å². The van der Waals surface area contributed by atoms with E-state index in [2.05, 4.69) is 0 Å². The first kappa shape index (κ1) is 30.1. The molecule has 0 aliphatic heterocycles. The molecule has 19 heavy (non-hydrogen) atoms. The van der Waals surface area contributed by atoms with Crippen LogP contribution >= 0.6 is 7.82 Å². The fourth-order valence-electron chi connectivity index (χ4n) is 0. The van der Waals surface area contributed by atoms with E-state index >= 15 is 0 Å². The number of rotatable bonds is 0. The van der Waals surface area contributed by atoms with Crippen LogP contribution < -0.4 is 0 Å². The van der Waals surface area contributed by atoms with Gasteiger partial charge in [0.15, 0.2) is 0 Å². The molecule has 0 rings (SSSR count). The van der Waals surface area contributed by atoms with Gasteiger partial charge >= 0.3 is 31.7 Å². The average molecular weight is 318 g/mol. The van der Waals surface area contributed by atoms with Crippen molar-refractivity contribution in [3.8, 4) is 0 Å². The van der Waals surface area contributed by atoms with Gasteiger partial charge in [-0.2, -0.15) is 0 Å². The van der Waals surface area contributed by atoms with Gasteiger partial charge in [-0.3, -0.25) is 9.41 Å². The average Bonchev–Trinajstić information content (AvgIpc) is 2.01. The maximum atomic E-state index is 9.10. The minimum atomic E-state index is -4.64. The smallest absolute Gasteiger partial charge is 0.466 e. The van der Waals surface area contributed by atoms with Crippen LogP contribution in [0.4, 0.5) is 9.41 Å². The van der Waals surface area contributed by atoms with E-state index in [1.54, 1.807) is 0 Å². The van der Waals surface area contributed by atoms with Crippen molar-refractivity contribution >= 4 is 31.7 Å². The molecule has 0 radical (unpaired) electrons. The molecule has 0 fully saturated rings. The fourth-order valence-corrected chi connectivity index (χ4v) is 0. The fraction of sp³-hybridized carbons (Fsp3) is 0. The van der Waals surface area contributed by atoms with Gasteiger partial charge in [-0.25, -0.2) is 23.7 Å². The summed E-state index contributed by atoms with van der Waals surface area (Å²) in [6.07, 6.45) is 0. The molecule has 0 unspecified atom stereocenters. The van der Waals surface area contributed by atoms with Crippen LogP contribution in [0.15, 0.2) is 0 Å². The zero-order valence-corrected chi connectivity index (χ0v) is 9.33. The highest BCUT2D eigenvalue weighted by molar-refractivity contribution is 7.45. The Balaban J connectivity index is -0.0000000492. The molecule has 0 saturated carbocycles. The van der Waals surface area contributed by atoms with E-state index in [0.29, 0.717) is 0 Å². The first-order chi connectivity index (χ1) is 7.29. The Bertz CT molecular complexity index is 289. The van der Waals surface area contributed by atoms with E-state index in [9.17, 15) is 0 Å². The normalized spacial score (nSPS) is 7.74. The molecule has 12 nitrogen and oxygen atoms in total. The van der Waals surface area contributed by atoms with Crippen molar-refractivity contribution in [2.45, 2.75) is 0 Å². The third-order valence-electron chi connectivity index (χ3n) is 0.366. The lowest BCUT2D eigenvalue weighted by molar-refractivity contribution is -0.159. The number of phosphoric acid groups is 1. The number of carboxylic acids is 4. The minimum absolute atomic E-state index is 0. The maximum absolute atomic E-state index is 9.10. The van der Waals surface area contributed by atoms with Crippen molar-refractivity contribution in [2.24, 2.45) is 0 Å². The van der Waals surface area contributed by atoms with E-state index in [4.69, 9.17) is 58.8 Å². The summed E-state index contributed by atoms with van der Waals surface area (Å²) in [5.41, 5.74) is 0. The lowest BCUT2D eigenvalue weighted by atomic mass is 10.7. The Hall–Kier alpha value is -2.15. The molecule has 7 N–H and O–H groups in total. The molecule has 15 heteroatoms. The number of carboxylic acid groups (broad SMARTS) is 4. The predicted octanol–water partition coefficient (Wildman–Crippen LogP) is -2.31. The van der Waals surface area contributed by atoms with E-state index in [1.807, 2.05) is 0 Å². The molecular formula is C4H9F2O12P. The van der Waals surface area contributed by atoms with E-state index in [0.717, 1.165) is 0 Å². The molecule has 0 aromatic rings. The van der Waals surface area contributed by atoms with Crippen LogP contribution in [-0.4, -0.2) is 59.0 Å². The molecule has 0 aromatic carbocycles. The molecule has 116 valence electrons. The van der Waals surface area contributed by atoms with Gasteiger partial charge in [-0.15, -0.1) is 0 Å². The van der Waals surface area contributed by atoms with Gasteiger partial charge in [0.05, 0.1) is 0 Å². The third kappa shape index (κ3) is 88.8. The molecule has 0 saturated heterocycles. The largest absolute Gasteiger partial charge is 0.473 e. The molecule has 0 amide bonds. The standard InChI is InChI=1S/2C2H2O4.2FH.H3O4P/c2*3-1(4)2(5)6;;;1-5(2,3)4/h2*(H,3,4)(H,5,6);2*1H;(H3,1,2,3,4). The van der Waals surface area contributed by atoms with Crippen LogP contribution in [0.1, 0.15) is 0 Å². The monoisotopic (exact) mass is 318 g/mol. The van der Waals surface area contributed by atoms with Crippen LogP contribution in [0.3, 0.4) is 0 Å². The second-order valence-corrected chi connectivity index (χ2v) is 2.76. The summed E-state index contributed by atoms with van der Waals surface area (Å²) in [7, 11) is -4.64. The second kappa shape index (κ2) is 13.9. The zero-order valence-electron chi connectivity index (χ0n) is 8.44. The first-order valence-corrected chi connectivity index (χ1v) is 4.56. The number of hydrogen-bond donors (Lipinski definition) is 7. The summed E-state index contributed by atoms with van der Waals surface area (Å²) >= 11 is 0. The summed E-state index contributed by atoms with van der Waals surface area (Å²) < 4.78 is 8.88. The van der Waals surface area contributed by atoms with Gasteiger partial charge in [0.25, 0.3) is 0 Å². The molecule has 0 bridgehead atoms. The first-order valence-electron chi connectivity index (χ1n) is 2.99. The van der Waals surface area contributed by atoms with Crippen LogP contribution in [0.25, 0.3) is 0 Å². The highest BCUT2D eigenvalue weighted by Gasteiger charge is 2.04. The highest BCUT2D eigenvalue weighted by Crippen LogP contribution is 2.25. The number of carbonyl (C=O) groups is 4. The molecular weight excluding hydrogens is 309 g/mol. The summed E-state index contributed by atoms with van der Waals surface area (Å²) in [6, 6.07) is 0. The lowest BCUT2D eigenvalue weighted by Crippen LogP contribution is -2.09. The van der Waals surface area contributed by atoms with E-state index in [-0.39, 0.29) is 9.41 Å². The van der Waals surface area contributed by atoms with Crippen molar-refractivity contribution in [1.29, 1.82) is 0 Å². The Kier molecular flexibility index (Phi) is 22.1. The van der Waals surface area contributed by atoms with Crippen molar-refractivity contribution in [3.63, 3.8) is 0 Å². The van der Waals surface area contributed by atoms with Gasteiger partial charge in [0, 0.05) is 0 Å². The van der Waals surface area contributed by atoms with Crippen molar-refractivity contribution in [2.75, 3.05) is 0 Å². The summed E-state index contributed by atoms with van der Waals surface area (Å²) in [4.78, 5) is 58.0. The summed E-state index contributed by atoms with van der Waals surface area (Å²) in [5.74, 6) is -7.30. The van der Waals surface area contributed by atoms with Gasteiger partial charge in [0.1, 0.15) is 0 Å². The number of halogens is 2. The van der Waals surface area contributed by atoms with Gasteiger partial charge in [-0.1, -0.05) is 0 Å². The molecule has 0 atom stereocenters. The van der Waals surface area contributed by atoms with Crippen LogP contribution in [0.2, 0.25) is 0 Å². The van der Waals surface area contributed by atoms with E-state index in [1.165, 1.54) is 0 Å². The number of aliphatic carboxylic acids is 4. The molecule has 0 aromatic heterocycles. The second-order valence-electron chi connectivity index (χ2n) is 1.73. The molecule has 0 aliphatic carbocycles. The lowest BCUT2D eigenvalue weighted by Gasteiger charge is -1.82. The maximum Gasteiger partial charge on any atom is 0.466 e. The third-order valence-corrected chi connectivity index (χ3v) is 0.366. The van der Waals surface area contributed by atoms with Crippen LogP contribution in [-0.2, 0) is 23.7 Å². The van der Waals surface area contributed by atoms with Crippen LogP contribution in [0, 0.1) is 0 Å². The Morgan fingerprint density at radius 1 is 0.579 bits per heavy atom. The quantitative estimate of drug-likeness (QED) is 0.184. The Morgan fingerprint density at radius 2 is 0.632 bits per heavy atom. The van der Waals surface area contributed by atoms with Gasteiger partial charge in [0.2, 0.25) is 0 Å². The van der Waals surface area contributed by atoms with Crippen molar-refractivity contribution in [1.82, 2.24) is 0 Å².